The Morgan fingerprint density at radius 2 is 1.98 bits per heavy atom. The average molecular weight is 581 g/mol. The van der Waals surface area contributed by atoms with E-state index in [9.17, 15) is 9.36 Å². The summed E-state index contributed by atoms with van der Waals surface area (Å²) < 4.78 is 59.4. The Morgan fingerprint density at radius 1 is 1.27 bits per heavy atom. The molecule has 15 heteroatoms. The van der Waals surface area contributed by atoms with Crippen molar-refractivity contribution in [3.05, 3.63) is 36.7 Å². The molecule has 0 amide bonds. The summed E-state index contributed by atoms with van der Waals surface area (Å²) in [4.78, 5) is 24.9. The molecule has 0 bridgehead atoms. The number of methoxy groups -OCH3 is 1. The first-order valence-corrected chi connectivity index (χ1v) is 14.2. The van der Waals surface area contributed by atoms with Crippen LogP contribution in [0.1, 0.15) is 40.8 Å². The van der Waals surface area contributed by atoms with Gasteiger partial charge in [-0.2, -0.15) is 15.1 Å². The molecule has 0 radical (unpaired) electrons. The molecule has 3 N–H and O–H groups in total. The van der Waals surface area contributed by atoms with Crippen LogP contribution in [0.5, 0.6) is 11.6 Å². The molecule has 13 nitrogen and oxygen atoms in total. The predicted octanol–water partition coefficient (Wildman–Crippen LogP) is 3.81. The van der Waals surface area contributed by atoms with Crippen LogP contribution < -0.4 is 20.1 Å². The number of aromatic nitrogens is 4. The minimum Gasteiger partial charge on any atom is -0.479 e. The molecule has 0 unspecified atom stereocenters. The third-order valence-electron chi connectivity index (χ3n) is 6.52. The second-order valence-corrected chi connectivity index (χ2v) is 11.6. The van der Waals surface area contributed by atoms with Crippen LogP contribution in [0.4, 0.5) is 10.3 Å². The van der Waals surface area contributed by atoms with Gasteiger partial charge in [-0.05, 0) is 39.8 Å². The third kappa shape index (κ3) is 6.20. The maximum absolute atomic E-state index is 16.2. The molecule has 6 atom stereocenters. The zero-order chi connectivity index (χ0) is 29.2. The van der Waals surface area contributed by atoms with Crippen molar-refractivity contribution in [2.24, 2.45) is 5.92 Å². The van der Waals surface area contributed by atoms with Gasteiger partial charge < -0.3 is 24.5 Å². The fourth-order valence-corrected chi connectivity index (χ4v) is 5.75. The largest absolute Gasteiger partial charge is 0.479 e. The Balaban J connectivity index is 1.56. The molecule has 2 aromatic heterocycles. The summed E-state index contributed by atoms with van der Waals surface area (Å²) in [5.41, 5.74) is 4.40. The molecule has 0 spiro atoms. The Labute approximate surface area is 231 Å². The summed E-state index contributed by atoms with van der Waals surface area (Å²) >= 11 is 0. The second-order valence-electron chi connectivity index (χ2n) is 9.92. The molecule has 4 rings (SSSR count). The van der Waals surface area contributed by atoms with E-state index in [2.05, 4.69) is 20.0 Å². The first kappa shape index (κ1) is 29.7. The van der Waals surface area contributed by atoms with Crippen LogP contribution in [0, 0.1) is 5.92 Å². The van der Waals surface area contributed by atoms with E-state index in [-0.39, 0.29) is 41.5 Å². The number of nitrogens with two attached hydrogens (primary N) is 1. The fraction of sp³-hybridized carbons (Fsp3) is 0.520. The molecular weight excluding hydrogens is 546 g/mol. The summed E-state index contributed by atoms with van der Waals surface area (Å²) in [6.45, 7) is 7.58. The van der Waals surface area contributed by atoms with Crippen molar-refractivity contribution in [3.63, 3.8) is 0 Å². The summed E-state index contributed by atoms with van der Waals surface area (Å²) in [6.07, 6.45) is -1.06. The lowest BCUT2D eigenvalue weighted by atomic mass is 9.90. The first-order chi connectivity index (χ1) is 18.8. The standard InChI is InChI=1S/C25H34FN6O7P/c1-14(2)37-22(33)16(4)31-40(34,39-17-10-8-7-9-11-17)36-12-18-15(3)25(5,26)23(38-18)32-13-28-19-20(32)29-24(27)30-21(19)35-6/h7-11,13-16,18,23H,12H2,1-6H3,(H,31,34)(H2,27,29,30)/t15-,16+,18-,23-,25-,40+/m1/s1. The van der Waals surface area contributed by atoms with Gasteiger partial charge in [0.05, 0.1) is 32.3 Å². The van der Waals surface area contributed by atoms with E-state index < -0.39 is 43.7 Å². The van der Waals surface area contributed by atoms with Crippen molar-refractivity contribution in [1.29, 1.82) is 0 Å². The van der Waals surface area contributed by atoms with E-state index >= 15 is 4.39 Å². The van der Waals surface area contributed by atoms with Crippen LogP contribution in [-0.4, -0.2) is 63.1 Å². The number of anilines is 1. The summed E-state index contributed by atoms with van der Waals surface area (Å²) in [6, 6.07) is 7.29. The molecule has 1 aliphatic heterocycles. The molecule has 1 saturated heterocycles. The van der Waals surface area contributed by atoms with Crippen LogP contribution in [0.15, 0.2) is 36.7 Å². The number of imidazole rings is 1. The van der Waals surface area contributed by atoms with Crippen LogP contribution in [0.3, 0.4) is 0 Å². The lowest BCUT2D eigenvalue weighted by molar-refractivity contribution is -0.149. The Kier molecular flexibility index (Phi) is 8.64. The number of fused-ring (bicyclic) bond motifs is 1. The molecule has 40 heavy (non-hydrogen) atoms. The number of nitrogens with zero attached hydrogens (tertiary/aromatic N) is 4. The van der Waals surface area contributed by atoms with Gasteiger partial charge in [0.1, 0.15) is 11.8 Å². The lowest BCUT2D eigenvalue weighted by Gasteiger charge is -2.26. The number of hydrogen-bond donors (Lipinski definition) is 2. The highest BCUT2D eigenvalue weighted by Crippen LogP contribution is 2.50. The molecule has 3 heterocycles. The van der Waals surface area contributed by atoms with E-state index in [1.807, 2.05) is 0 Å². The van der Waals surface area contributed by atoms with Gasteiger partial charge in [0.2, 0.25) is 11.8 Å². The SMILES string of the molecule is COc1nc(N)nc2c1ncn2[C@@H]1O[C@H](CO[P@@](=O)(N[C@@H](C)C(=O)OC(C)C)Oc2ccccc2)[C@@H](C)[C@@]1(C)F. The van der Waals surface area contributed by atoms with Crippen LogP contribution >= 0.6 is 7.75 Å². The second kappa shape index (κ2) is 11.7. The Bertz CT molecular complexity index is 1390. The van der Waals surface area contributed by atoms with Gasteiger partial charge in [-0.1, -0.05) is 25.1 Å². The predicted molar refractivity (Wildman–Crippen MR) is 143 cm³/mol. The van der Waals surface area contributed by atoms with E-state index in [0.29, 0.717) is 0 Å². The minimum atomic E-state index is -4.18. The molecule has 218 valence electrons. The highest BCUT2D eigenvalue weighted by Gasteiger charge is 2.54. The molecule has 1 fully saturated rings. The smallest absolute Gasteiger partial charge is 0.459 e. The van der Waals surface area contributed by atoms with Crippen molar-refractivity contribution < 1.29 is 37.0 Å². The quantitative estimate of drug-likeness (QED) is 0.250. The monoisotopic (exact) mass is 580 g/mol. The number of alkyl halides is 1. The van der Waals surface area contributed by atoms with Gasteiger partial charge >= 0.3 is 13.7 Å². The maximum atomic E-state index is 16.2. The number of esters is 1. The normalized spacial score (nSPS) is 25.1. The van der Waals surface area contributed by atoms with Gasteiger partial charge in [-0.15, -0.1) is 0 Å². The average Bonchev–Trinajstić information content (AvgIpc) is 3.40. The first-order valence-electron chi connectivity index (χ1n) is 12.7. The maximum Gasteiger partial charge on any atom is 0.459 e. The number of halogens is 1. The number of carbonyl (C=O) groups excluding carboxylic acids is 1. The number of hydrogen-bond acceptors (Lipinski definition) is 11. The van der Waals surface area contributed by atoms with Crippen LogP contribution in [0.25, 0.3) is 11.2 Å². The number of benzene rings is 1. The van der Waals surface area contributed by atoms with Crippen LogP contribution in [0.2, 0.25) is 0 Å². The highest BCUT2D eigenvalue weighted by atomic mass is 31.2. The third-order valence-corrected chi connectivity index (χ3v) is 8.17. The molecule has 0 aliphatic carbocycles. The lowest BCUT2D eigenvalue weighted by Crippen LogP contribution is -2.37. The van der Waals surface area contributed by atoms with Crippen molar-refractivity contribution >= 4 is 30.8 Å². The topological polar surface area (TPSA) is 162 Å². The van der Waals surface area contributed by atoms with Crippen molar-refractivity contribution in [2.75, 3.05) is 19.5 Å². The highest BCUT2D eigenvalue weighted by molar-refractivity contribution is 7.52. The Morgan fingerprint density at radius 3 is 2.62 bits per heavy atom. The number of nitrogens with one attached hydrogen (secondary N) is 1. The number of rotatable bonds is 11. The number of ether oxygens (including phenoxy) is 3. The molecule has 1 aromatic carbocycles. The summed E-state index contributed by atoms with van der Waals surface area (Å²) in [5, 5.41) is 2.62. The van der Waals surface area contributed by atoms with E-state index in [1.54, 1.807) is 51.1 Å². The molecule has 3 aromatic rings. The van der Waals surface area contributed by atoms with Gasteiger partial charge in [0.25, 0.3) is 0 Å². The zero-order valence-electron chi connectivity index (χ0n) is 23.1. The zero-order valence-corrected chi connectivity index (χ0v) is 24.0. The van der Waals surface area contributed by atoms with Crippen molar-refractivity contribution in [2.45, 2.75) is 64.8 Å². The molecule has 0 saturated carbocycles. The van der Waals surface area contributed by atoms with Crippen molar-refractivity contribution in [1.82, 2.24) is 24.6 Å². The van der Waals surface area contributed by atoms with Gasteiger partial charge in [0.15, 0.2) is 23.1 Å². The van der Waals surface area contributed by atoms with E-state index in [0.717, 1.165) is 0 Å². The molecular formula is C25H34FN6O7P. The van der Waals surface area contributed by atoms with Crippen LogP contribution in [-0.2, 0) is 23.4 Å². The number of carbonyl (C=O) groups is 1. The number of nitrogen functional groups attached to an aromatic ring is 1. The minimum absolute atomic E-state index is 0.0761. The van der Waals surface area contributed by atoms with E-state index in [1.165, 1.54) is 31.9 Å². The fourth-order valence-electron chi connectivity index (χ4n) is 4.25. The van der Waals surface area contributed by atoms with E-state index in [4.69, 9.17) is 29.0 Å². The van der Waals surface area contributed by atoms with Gasteiger partial charge in [-0.3, -0.25) is 13.9 Å². The molecule has 1 aliphatic rings. The summed E-state index contributed by atoms with van der Waals surface area (Å²) in [5.74, 6) is -1.06. The van der Waals surface area contributed by atoms with Crippen molar-refractivity contribution in [3.8, 4) is 11.6 Å². The summed E-state index contributed by atoms with van der Waals surface area (Å²) in [7, 11) is -2.77. The number of para-hydroxylation sites is 1. The van der Waals surface area contributed by atoms with Gasteiger partial charge in [-0.25, -0.2) is 13.9 Å². The Hall–Kier alpha value is -3.32. The van der Waals surface area contributed by atoms with Gasteiger partial charge in [0, 0.05) is 5.92 Å².